The lowest BCUT2D eigenvalue weighted by molar-refractivity contribution is 0.554. The first-order valence-corrected chi connectivity index (χ1v) is 8.56. The molecule has 116 valence electrons. The van der Waals surface area contributed by atoms with Gasteiger partial charge in [-0.05, 0) is 44.9 Å². The third-order valence-corrected chi connectivity index (χ3v) is 5.18. The summed E-state index contributed by atoms with van der Waals surface area (Å²) in [5, 5.41) is 8.79. The van der Waals surface area contributed by atoms with E-state index in [4.69, 9.17) is 11.6 Å². The first kappa shape index (κ1) is 16.5. The van der Waals surface area contributed by atoms with E-state index in [1.165, 1.54) is 15.3 Å². The molecule has 2 rings (SSSR count). The van der Waals surface area contributed by atoms with Crippen LogP contribution in [0.2, 0.25) is 5.02 Å². The van der Waals surface area contributed by atoms with Crippen LogP contribution in [0.3, 0.4) is 0 Å². The number of aromatic nitrogens is 2. The van der Waals surface area contributed by atoms with E-state index in [-0.39, 0.29) is 0 Å². The molecule has 21 heavy (non-hydrogen) atoms. The smallest absolute Gasteiger partial charge is 0.0844 e. The fraction of sp³-hybridized carbons (Fsp3) is 0.562. The molecule has 0 radical (unpaired) electrons. The number of aryl methyl sites for hydroxylation is 2. The summed E-state index contributed by atoms with van der Waals surface area (Å²) in [5.74, 6) is 0.683. The van der Waals surface area contributed by atoms with Gasteiger partial charge in [0.1, 0.15) is 0 Å². The Labute approximate surface area is 136 Å². The monoisotopic (exact) mass is 325 g/mol. The molecule has 0 saturated heterocycles. The van der Waals surface area contributed by atoms with Crippen LogP contribution in [0.4, 0.5) is 0 Å². The van der Waals surface area contributed by atoms with Gasteiger partial charge in [0.15, 0.2) is 0 Å². The van der Waals surface area contributed by atoms with E-state index in [1.54, 1.807) is 0 Å². The molecule has 0 spiro atoms. The van der Waals surface area contributed by atoms with Crippen molar-refractivity contribution in [1.29, 1.82) is 0 Å². The highest BCUT2D eigenvalue weighted by Crippen LogP contribution is 2.25. The number of rotatable bonds is 6. The van der Waals surface area contributed by atoms with Crippen molar-refractivity contribution in [3.05, 3.63) is 37.8 Å². The lowest BCUT2D eigenvalue weighted by atomic mass is 10.2. The van der Waals surface area contributed by atoms with E-state index in [9.17, 15) is 0 Å². The van der Waals surface area contributed by atoms with Gasteiger partial charge < -0.3 is 5.32 Å². The molecule has 0 aliphatic rings. The molecule has 2 aromatic heterocycles. The summed E-state index contributed by atoms with van der Waals surface area (Å²) >= 11 is 8.08. The van der Waals surface area contributed by atoms with Gasteiger partial charge in [0, 0.05) is 16.3 Å². The van der Waals surface area contributed by atoms with E-state index in [0.29, 0.717) is 5.92 Å². The molecule has 0 aliphatic carbocycles. The highest BCUT2D eigenvalue weighted by molar-refractivity contribution is 7.12. The van der Waals surface area contributed by atoms with Gasteiger partial charge in [-0.15, -0.1) is 11.3 Å². The van der Waals surface area contributed by atoms with Crippen LogP contribution in [0, 0.1) is 26.7 Å². The molecule has 2 aromatic rings. The molecular weight excluding hydrogens is 302 g/mol. The summed E-state index contributed by atoms with van der Waals surface area (Å²) in [5.41, 5.74) is 3.28. The molecule has 3 nitrogen and oxygen atoms in total. The van der Waals surface area contributed by atoms with Crippen molar-refractivity contribution in [1.82, 2.24) is 15.1 Å². The van der Waals surface area contributed by atoms with E-state index >= 15 is 0 Å². The molecule has 2 heterocycles. The van der Waals surface area contributed by atoms with Gasteiger partial charge in [-0.3, -0.25) is 4.68 Å². The Hall–Kier alpha value is -0.840. The number of nitrogens with zero attached hydrogens (tertiary/aromatic N) is 2. The van der Waals surface area contributed by atoms with Crippen LogP contribution in [-0.4, -0.2) is 16.3 Å². The van der Waals surface area contributed by atoms with Gasteiger partial charge >= 0.3 is 0 Å². The average Bonchev–Trinajstić information content (AvgIpc) is 2.86. The minimum Gasteiger partial charge on any atom is -0.312 e. The molecule has 0 fully saturated rings. The van der Waals surface area contributed by atoms with Crippen LogP contribution in [0.5, 0.6) is 0 Å². The van der Waals surface area contributed by atoms with Crippen LogP contribution in [-0.2, 0) is 13.1 Å². The molecule has 0 bridgehead atoms. The summed E-state index contributed by atoms with van der Waals surface area (Å²) < 4.78 is 2.00. The Morgan fingerprint density at radius 3 is 2.62 bits per heavy atom. The summed E-state index contributed by atoms with van der Waals surface area (Å²) in [6, 6.07) is 2.29. The number of hydrogen-bond acceptors (Lipinski definition) is 3. The van der Waals surface area contributed by atoms with Gasteiger partial charge in [-0.1, -0.05) is 25.4 Å². The van der Waals surface area contributed by atoms with Crippen molar-refractivity contribution in [2.45, 2.75) is 47.7 Å². The second-order valence-electron chi connectivity index (χ2n) is 5.96. The largest absolute Gasteiger partial charge is 0.312 e. The van der Waals surface area contributed by atoms with Crippen molar-refractivity contribution in [3.63, 3.8) is 0 Å². The minimum absolute atomic E-state index is 0.683. The van der Waals surface area contributed by atoms with Gasteiger partial charge in [-0.2, -0.15) is 5.10 Å². The molecule has 5 heteroatoms. The third kappa shape index (κ3) is 4.09. The SMILES string of the molecule is Cc1nn(Cc2cc(CNCC(C)C)sc2C)c(C)c1Cl. The van der Waals surface area contributed by atoms with Crippen LogP contribution in [0.15, 0.2) is 6.07 Å². The first-order chi connectivity index (χ1) is 9.88. The van der Waals surface area contributed by atoms with E-state index in [2.05, 4.69) is 37.3 Å². The quantitative estimate of drug-likeness (QED) is 0.857. The second-order valence-corrected chi connectivity index (χ2v) is 7.68. The fourth-order valence-electron chi connectivity index (χ4n) is 2.31. The molecule has 0 saturated carbocycles. The summed E-state index contributed by atoms with van der Waals surface area (Å²) in [7, 11) is 0. The van der Waals surface area contributed by atoms with E-state index in [1.807, 2.05) is 29.9 Å². The maximum atomic E-state index is 6.22. The molecule has 0 amide bonds. The predicted molar refractivity (Wildman–Crippen MR) is 91.4 cm³/mol. The standard InChI is InChI=1S/C16H24ClN3S/c1-10(2)7-18-8-15-6-14(13(5)21-15)9-20-12(4)16(17)11(3)19-20/h6,10,18H,7-9H2,1-5H3. The Kier molecular flexibility index (Phi) is 5.47. The lowest BCUT2D eigenvalue weighted by Gasteiger charge is -2.05. The molecule has 0 unspecified atom stereocenters. The molecule has 1 N–H and O–H groups in total. The normalized spacial score (nSPS) is 11.6. The van der Waals surface area contributed by atoms with E-state index in [0.717, 1.165) is 36.0 Å². The van der Waals surface area contributed by atoms with E-state index < -0.39 is 0 Å². The Bertz CT molecular complexity index is 613. The molecular formula is C16H24ClN3S. The fourth-order valence-corrected chi connectivity index (χ4v) is 3.46. The molecule has 0 aromatic carbocycles. The number of nitrogens with one attached hydrogen (secondary N) is 1. The number of thiophene rings is 1. The van der Waals surface area contributed by atoms with Crippen molar-refractivity contribution < 1.29 is 0 Å². The van der Waals surface area contributed by atoms with Gasteiger partial charge in [-0.25, -0.2) is 0 Å². The van der Waals surface area contributed by atoms with Crippen LogP contribution >= 0.6 is 22.9 Å². The zero-order valence-electron chi connectivity index (χ0n) is 13.5. The highest BCUT2D eigenvalue weighted by Gasteiger charge is 2.12. The second kappa shape index (κ2) is 6.95. The number of halogens is 1. The van der Waals surface area contributed by atoms with Crippen molar-refractivity contribution in [2.24, 2.45) is 5.92 Å². The summed E-state index contributed by atoms with van der Waals surface area (Å²) in [6.45, 7) is 13.4. The first-order valence-electron chi connectivity index (χ1n) is 7.37. The topological polar surface area (TPSA) is 29.9 Å². The van der Waals surface area contributed by atoms with Crippen molar-refractivity contribution in [3.8, 4) is 0 Å². The third-order valence-electron chi connectivity index (χ3n) is 3.54. The van der Waals surface area contributed by atoms with Crippen LogP contribution < -0.4 is 5.32 Å². The van der Waals surface area contributed by atoms with Crippen LogP contribution in [0.1, 0.15) is 40.6 Å². The lowest BCUT2D eigenvalue weighted by Crippen LogP contribution is -2.18. The van der Waals surface area contributed by atoms with Gasteiger partial charge in [0.05, 0.1) is 23.0 Å². The van der Waals surface area contributed by atoms with Gasteiger partial charge in [0.2, 0.25) is 0 Å². The van der Waals surface area contributed by atoms with Gasteiger partial charge in [0.25, 0.3) is 0 Å². The summed E-state index contributed by atoms with van der Waals surface area (Å²) in [6.07, 6.45) is 0. The van der Waals surface area contributed by atoms with Crippen LogP contribution in [0.25, 0.3) is 0 Å². The van der Waals surface area contributed by atoms with Crippen molar-refractivity contribution >= 4 is 22.9 Å². The predicted octanol–water partition coefficient (Wildman–Crippen LogP) is 4.32. The average molecular weight is 326 g/mol. The molecule has 0 atom stereocenters. The van der Waals surface area contributed by atoms with Crippen molar-refractivity contribution in [2.75, 3.05) is 6.54 Å². The Balaban J connectivity index is 2.07. The zero-order valence-corrected chi connectivity index (χ0v) is 15.0. The Morgan fingerprint density at radius 2 is 2.05 bits per heavy atom. The minimum atomic E-state index is 0.683. The summed E-state index contributed by atoms with van der Waals surface area (Å²) in [4.78, 5) is 2.75. The molecule has 0 aliphatic heterocycles. The maximum absolute atomic E-state index is 6.22. The maximum Gasteiger partial charge on any atom is 0.0844 e. The Morgan fingerprint density at radius 1 is 1.33 bits per heavy atom. The highest BCUT2D eigenvalue weighted by atomic mass is 35.5. The number of hydrogen-bond donors (Lipinski definition) is 1. The zero-order chi connectivity index (χ0) is 15.6.